The van der Waals surface area contributed by atoms with Gasteiger partial charge in [-0.2, -0.15) is 0 Å². The zero-order valence-electron chi connectivity index (χ0n) is 19.0. The van der Waals surface area contributed by atoms with E-state index in [1.165, 1.54) is 103 Å². The van der Waals surface area contributed by atoms with E-state index in [9.17, 15) is 4.79 Å². The number of carbonyl (C=O) groups excluding carboxylic acids is 1. The average Bonchev–Trinajstić information content (AvgIpc) is 2.67. The molecule has 0 unspecified atom stereocenters. The van der Waals surface area contributed by atoms with Crippen molar-refractivity contribution in [2.24, 2.45) is 0 Å². The molecule has 27 heavy (non-hydrogen) atoms. The Kier molecular flexibility index (Phi) is 21.3. The summed E-state index contributed by atoms with van der Waals surface area (Å²) in [6.07, 6.45) is 25.2. The van der Waals surface area contributed by atoms with E-state index in [0.29, 0.717) is 6.42 Å². The third kappa shape index (κ3) is 20.0. The number of rotatable bonds is 21. The largest absolute Gasteiger partial charge is 0.462 e. The van der Waals surface area contributed by atoms with Crippen molar-refractivity contribution in [3.8, 4) is 0 Å². The first kappa shape index (κ1) is 26.5. The zero-order chi connectivity index (χ0) is 20.0. The van der Waals surface area contributed by atoms with Gasteiger partial charge in [0.15, 0.2) is 0 Å². The highest BCUT2D eigenvalue weighted by Gasteiger charge is 2.11. The lowest BCUT2D eigenvalue weighted by Crippen LogP contribution is -2.17. The van der Waals surface area contributed by atoms with E-state index < -0.39 is 0 Å². The summed E-state index contributed by atoms with van der Waals surface area (Å²) in [6.45, 7) is 6.64. The molecule has 0 aromatic heterocycles. The minimum absolute atomic E-state index is 0.0282. The van der Waals surface area contributed by atoms with Crippen LogP contribution in [0.15, 0.2) is 0 Å². The maximum absolute atomic E-state index is 12.0. The molecule has 2 nitrogen and oxygen atoms in total. The normalized spacial score (nSPS) is 12.3. The van der Waals surface area contributed by atoms with E-state index in [-0.39, 0.29) is 12.1 Å². The topological polar surface area (TPSA) is 26.3 Å². The van der Waals surface area contributed by atoms with Gasteiger partial charge in [0.25, 0.3) is 0 Å². The summed E-state index contributed by atoms with van der Waals surface area (Å²) in [5, 5.41) is 0. The SMILES string of the molecule is CCCCCCCCCCCCCCCC(=O)O[C@H](CC)CCCCCC. The molecule has 0 fully saturated rings. The maximum atomic E-state index is 12.0. The second kappa shape index (κ2) is 21.8. The molecule has 0 aliphatic carbocycles. The Bertz CT molecular complexity index is 301. The molecule has 0 spiro atoms. The van der Waals surface area contributed by atoms with Crippen LogP contribution >= 0.6 is 0 Å². The van der Waals surface area contributed by atoms with Crippen LogP contribution in [0.25, 0.3) is 0 Å². The molecule has 0 radical (unpaired) electrons. The first-order valence-corrected chi connectivity index (χ1v) is 12.4. The fourth-order valence-corrected chi connectivity index (χ4v) is 3.68. The lowest BCUT2D eigenvalue weighted by Gasteiger charge is -2.16. The number of hydrogen-bond donors (Lipinski definition) is 0. The molecule has 0 N–H and O–H groups in total. The van der Waals surface area contributed by atoms with Gasteiger partial charge in [-0.1, -0.05) is 117 Å². The summed E-state index contributed by atoms with van der Waals surface area (Å²) in [6, 6.07) is 0. The number of carbonyl (C=O) groups is 1. The van der Waals surface area contributed by atoms with E-state index >= 15 is 0 Å². The Labute approximate surface area is 171 Å². The summed E-state index contributed by atoms with van der Waals surface area (Å²) < 4.78 is 5.65. The first-order chi connectivity index (χ1) is 13.2. The van der Waals surface area contributed by atoms with Crippen LogP contribution in [0.1, 0.15) is 149 Å². The number of unbranched alkanes of at least 4 members (excludes halogenated alkanes) is 15. The molecule has 0 aliphatic rings. The van der Waals surface area contributed by atoms with Crippen LogP contribution in [0, 0.1) is 0 Å². The second-order valence-corrected chi connectivity index (χ2v) is 8.36. The smallest absolute Gasteiger partial charge is 0.306 e. The third-order valence-corrected chi connectivity index (χ3v) is 5.62. The Hall–Kier alpha value is -0.530. The van der Waals surface area contributed by atoms with Crippen LogP contribution in [0.4, 0.5) is 0 Å². The number of esters is 1. The summed E-state index contributed by atoms with van der Waals surface area (Å²) in [4.78, 5) is 12.0. The minimum atomic E-state index is 0.0282. The van der Waals surface area contributed by atoms with Crippen LogP contribution in [0.3, 0.4) is 0 Å². The molecule has 0 rings (SSSR count). The quantitative estimate of drug-likeness (QED) is 0.146. The third-order valence-electron chi connectivity index (χ3n) is 5.62. The standard InChI is InChI=1S/C25H50O2/c1-4-7-9-11-12-13-14-15-16-17-18-19-21-23-25(26)27-24(6-3)22-20-10-8-5-2/h24H,4-23H2,1-3H3/t24-/m1/s1. The average molecular weight is 383 g/mol. The molecule has 0 amide bonds. The lowest BCUT2D eigenvalue weighted by molar-refractivity contribution is -0.149. The zero-order valence-corrected chi connectivity index (χ0v) is 19.0. The number of ether oxygens (including phenoxy) is 1. The van der Waals surface area contributed by atoms with E-state index in [1.807, 2.05) is 0 Å². The molecule has 2 heteroatoms. The summed E-state index contributed by atoms with van der Waals surface area (Å²) in [5.74, 6) is 0.0282. The van der Waals surface area contributed by atoms with Gasteiger partial charge in [0, 0.05) is 6.42 Å². The molecule has 0 aromatic rings. The molecule has 0 saturated carbocycles. The van der Waals surface area contributed by atoms with Crippen molar-refractivity contribution >= 4 is 5.97 Å². The van der Waals surface area contributed by atoms with Gasteiger partial charge in [-0.15, -0.1) is 0 Å². The molecular formula is C25H50O2. The Balaban J connectivity index is 3.37. The van der Waals surface area contributed by atoms with Crippen molar-refractivity contribution in [3.63, 3.8) is 0 Å². The van der Waals surface area contributed by atoms with Gasteiger partial charge in [0.2, 0.25) is 0 Å². The summed E-state index contributed by atoms with van der Waals surface area (Å²) in [5.41, 5.74) is 0. The Morgan fingerprint density at radius 1 is 0.593 bits per heavy atom. The van der Waals surface area contributed by atoms with Gasteiger partial charge in [-0.3, -0.25) is 4.79 Å². The first-order valence-electron chi connectivity index (χ1n) is 12.4. The van der Waals surface area contributed by atoms with Gasteiger partial charge in [0.1, 0.15) is 6.10 Å². The molecule has 0 bridgehead atoms. The Morgan fingerprint density at radius 3 is 1.44 bits per heavy atom. The molecule has 162 valence electrons. The van der Waals surface area contributed by atoms with Crippen molar-refractivity contribution in [1.29, 1.82) is 0 Å². The van der Waals surface area contributed by atoms with Crippen molar-refractivity contribution in [2.75, 3.05) is 0 Å². The molecule has 0 aromatic carbocycles. The van der Waals surface area contributed by atoms with Crippen molar-refractivity contribution in [2.45, 2.75) is 155 Å². The summed E-state index contributed by atoms with van der Waals surface area (Å²) >= 11 is 0. The van der Waals surface area contributed by atoms with Crippen molar-refractivity contribution in [1.82, 2.24) is 0 Å². The predicted octanol–water partition coefficient (Wildman–Crippen LogP) is 8.76. The lowest BCUT2D eigenvalue weighted by atomic mass is 10.0. The molecule has 0 heterocycles. The van der Waals surface area contributed by atoms with Gasteiger partial charge in [-0.05, 0) is 25.7 Å². The fraction of sp³-hybridized carbons (Fsp3) is 0.960. The highest BCUT2D eigenvalue weighted by atomic mass is 16.5. The van der Waals surface area contributed by atoms with Gasteiger partial charge >= 0.3 is 5.97 Å². The fourth-order valence-electron chi connectivity index (χ4n) is 3.68. The molecular weight excluding hydrogens is 332 g/mol. The van der Waals surface area contributed by atoms with Gasteiger partial charge in [0.05, 0.1) is 0 Å². The molecule has 0 aliphatic heterocycles. The van der Waals surface area contributed by atoms with Crippen LogP contribution in [-0.2, 0) is 9.53 Å². The minimum Gasteiger partial charge on any atom is -0.462 e. The van der Waals surface area contributed by atoms with Crippen LogP contribution in [-0.4, -0.2) is 12.1 Å². The van der Waals surface area contributed by atoms with E-state index in [4.69, 9.17) is 4.74 Å². The van der Waals surface area contributed by atoms with Crippen LogP contribution in [0.2, 0.25) is 0 Å². The summed E-state index contributed by atoms with van der Waals surface area (Å²) in [7, 11) is 0. The molecule has 1 atom stereocenters. The van der Waals surface area contributed by atoms with Crippen LogP contribution < -0.4 is 0 Å². The van der Waals surface area contributed by atoms with E-state index in [2.05, 4.69) is 20.8 Å². The Morgan fingerprint density at radius 2 is 1.00 bits per heavy atom. The highest BCUT2D eigenvalue weighted by Crippen LogP contribution is 2.15. The van der Waals surface area contributed by atoms with E-state index in [0.717, 1.165) is 19.3 Å². The van der Waals surface area contributed by atoms with Gasteiger partial charge < -0.3 is 4.74 Å². The number of hydrogen-bond acceptors (Lipinski definition) is 2. The monoisotopic (exact) mass is 382 g/mol. The highest BCUT2D eigenvalue weighted by molar-refractivity contribution is 5.69. The second-order valence-electron chi connectivity index (χ2n) is 8.36. The van der Waals surface area contributed by atoms with Crippen LogP contribution in [0.5, 0.6) is 0 Å². The maximum Gasteiger partial charge on any atom is 0.306 e. The van der Waals surface area contributed by atoms with Crippen molar-refractivity contribution < 1.29 is 9.53 Å². The van der Waals surface area contributed by atoms with Crippen molar-refractivity contribution in [3.05, 3.63) is 0 Å². The van der Waals surface area contributed by atoms with Gasteiger partial charge in [-0.25, -0.2) is 0 Å². The predicted molar refractivity (Wildman–Crippen MR) is 119 cm³/mol. The molecule has 0 saturated heterocycles. The van der Waals surface area contributed by atoms with E-state index in [1.54, 1.807) is 0 Å².